The lowest BCUT2D eigenvalue weighted by Crippen LogP contribution is -2.05. The van der Waals surface area contributed by atoms with E-state index in [1.807, 2.05) is 6.92 Å². The third-order valence-electron chi connectivity index (χ3n) is 2.03. The van der Waals surface area contributed by atoms with Gasteiger partial charge in [0.1, 0.15) is 0 Å². The van der Waals surface area contributed by atoms with Crippen LogP contribution in [0.15, 0.2) is 16.8 Å². The average molecular weight is 184 g/mol. The van der Waals surface area contributed by atoms with Gasteiger partial charge in [-0.25, -0.2) is 0 Å². The molecule has 68 valence electrons. The van der Waals surface area contributed by atoms with Crippen LogP contribution in [0.2, 0.25) is 0 Å². The zero-order valence-corrected chi connectivity index (χ0v) is 8.56. The van der Waals surface area contributed by atoms with Crippen molar-refractivity contribution in [2.24, 2.45) is 0 Å². The van der Waals surface area contributed by atoms with Gasteiger partial charge in [-0.1, -0.05) is 6.92 Å². The van der Waals surface area contributed by atoms with Crippen LogP contribution in [0.3, 0.4) is 0 Å². The molecule has 0 aliphatic carbocycles. The Bertz CT molecular complexity index is 194. The molecule has 0 bridgehead atoms. The standard InChI is InChI=1S/C10H16OS/c1-3-9(7-11-4-2)10-5-6-12-8-10/h5-6,8-9H,3-4,7H2,1-2H3. The van der Waals surface area contributed by atoms with E-state index in [2.05, 4.69) is 23.8 Å². The third-order valence-corrected chi connectivity index (χ3v) is 2.73. The first-order valence-corrected chi connectivity index (χ1v) is 5.42. The maximum Gasteiger partial charge on any atom is 0.0534 e. The first-order valence-electron chi connectivity index (χ1n) is 4.48. The Morgan fingerprint density at radius 2 is 2.33 bits per heavy atom. The normalized spacial score (nSPS) is 13.2. The van der Waals surface area contributed by atoms with E-state index in [1.165, 1.54) is 5.56 Å². The molecule has 0 saturated heterocycles. The molecule has 1 heterocycles. The van der Waals surface area contributed by atoms with Crippen molar-refractivity contribution >= 4 is 11.3 Å². The van der Waals surface area contributed by atoms with Crippen LogP contribution in [0.25, 0.3) is 0 Å². The predicted octanol–water partition coefficient (Wildman–Crippen LogP) is 3.28. The Balaban J connectivity index is 2.45. The van der Waals surface area contributed by atoms with E-state index in [0.29, 0.717) is 5.92 Å². The number of thiophene rings is 1. The fourth-order valence-electron chi connectivity index (χ4n) is 1.22. The van der Waals surface area contributed by atoms with Gasteiger partial charge in [0.25, 0.3) is 0 Å². The maximum absolute atomic E-state index is 5.41. The smallest absolute Gasteiger partial charge is 0.0534 e. The minimum Gasteiger partial charge on any atom is -0.381 e. The number of hydrogen-bond acceptors (Lipinski definition) is 2. The zero-order chi connectivity index (χ0) is 8.81. The summed E-state index contributed by atoms with van der Waals surface area (Å²) in [6.45, 7) is 5.94. The van der Waals surface area contributed by atoms with E-state index in [1.54, 1.807) is 11.3 Å². The van der Waals surface area contributed by atoms with E-state index in [0.717, 1.165) is 19.6 Å². The van der Waals surface area contributed by atoms with Gasteiger partial charge in [-0.15, -0.1) is 0 Å². The molecule has 0 radical (unpaired) electrons. The third kappa shape index (κ3) is 2.61. The van der Waals surface area contributed by atoms with Crippen molar-refractivity contribution in [1.29, 1.82) is 0 Å². The molecule has 1 unspecified atom stereocenters. The largest absolute Gasteiger partial charge is 0.381 e. The van der Waals surface area contributed by atoms with Crippen LogP contribution in [-0.4, -0.2) is 13.2 Å². The fourth-order valence-corrected chi connectivity index (χ4v) is 1.96. The van der Waals surface area contributed by atoms with E-state index < -0.39 is 0 Å². The van der Waals surface area contributed by atoms with Gasteiger partial charge < -0.3 is 4.74 Å². The first kappa shape index (κ1) is 9.75. The second-order valence-corrected chi connectivity index (χ2v) is 3.60. The molecule has 1 atom stereocenters. The van der Waals surface area contributed by atoms with Crippen LogP contribution in [-0.2, 0) is 4.74 Å². The molecule has 0 saturated carbocycles. The van der Waals surface area contributed by atoms with Crippen LogP contribution in [0.5, 0.6) is 0 Å². The van der Waals surface area contributed by atoms with Crippen LogP contribution < -0.4 is 0 Å². The summed E-state index contributed by atoms with van der Waals surface area (Å²) in [6.07, 6.45) is 1.16. The second-order valence-electron chi connectivity index (χ2n) is 2.82. The summed E-state index contributed by atoms with van der Waals surface area (Å²) in [5.74, 6) is 0.594. The summed E-state index contributed by atoms with van der Waals surface area (Å²) < 4.78 is 5.41. The van der Waals surface area contributed by atoms with Gasteiger partial charge in [0, 0.05) is 12.5 Å². The molecule has 12 heavy (non-hydrogen) atoms. The first-order chi connectivity index (χ1) is 5.88. The molecule has 2 heteroatoms. The average Bonchev–Trinajstić information content (AvgIpc) is 2.59. The summed E-state index contributed by atoms with van der Waals surface area (Å²) in [7, 11) is 0. The minimum absolute atomic E-state index is 0.594. The summed E-state index contributed by atoms with van der Waals surface area (Å²) in [5, 5.41) is 4.34. The van der Waals surface area contributed by atoms with Gasteiger partial charge in [0.05, 0.1) is 6.61 Å². The SMILES string of the molecule is CCOCC(CC)c1ccsc1. The Kier molecular flexibility index (Phi) is 4.33. The van der Waals surface area contributed by atoms with E-state index >= 15 is 0 Å². The molecule has 1 nitrogen and oxygen atoms in total. The lowest BCUT2D eigenvalue weighted by atomic mass is 10.0. The Labute approximate surface area is 78.4 Å². The molecule has 1 aromatic rings. The van der Waals surface area contributed by atoms with Crippen LogP contribution in [0.1, 0.15) is 31.7 Å². The molecular weight excluding hydrogens is 168 g/mol. The second kappa shape index (κ2) is 5.33. The number of ether oxygens (including phenoxy) is 1. The molecule has 0 fully saturated rings. The summed E-state index contributed by atoms with van der Waals surface area (Å²) in [6, 6.07) is 2.19. The monoisotopic (exact) mass is 184 g/mol. The highest BCUT2D eigenvalue weighted by molar-refractivity contribution is 7.07. The zero-order valence-electron chi connectivity index (χ0n) is 7.75. The number of rotatable bonds is 5. The van der Waals surface area contributed by atoms with Crippen molar-refractivity contribution < 1.29 is 4.74 Å². The predicted molar refractivity (Wildman–Crippen MR) is 53.8 cm³/mol. The van der Waals surface area contributed by atoms with E-state index in [4.69, 9.17) is 4.74 Å². The van der Waals surface area contributed by atoms with Crippen molar-refractivity contribution in [1.82, 2.24) is 0 Å². The summed E-state index contributed by atoms with van der Waals surface area (Å²) >= 11 is 1.76. The highest BCUT2D eigenvalue weighted by atomic mass is 32.1. The molecular formula is C10H16OS. The van der Waals surface area contributed by atoms with Gasteiger partial charge >= 0.3 is 0 Å². The van der Waals surface area contributed by atoms with Gasteiger partial charge in [0.2, 0.25) is 0 Å². The maximum atomic E-state index is 5.41. The molecule has 0 aliphatic heterocycles. The molecule has 1 rings (SSSR count). The topological polar surface area (TPSA) is 9.23 Å². The van der Waals surface area contributed by atoms with E-state index in [9.17, 15) is 0 Å². The minimum atomic E-state index is 0.594. The molecule has 0 aliphatic rings. The molecule has 0 N–H and O–H groups in total. The van der Waals surface area contributed by atoms with Crippen molar-refractivity contribution in [3.63, 3.8) is 0 Å². The van der Waals surface area contributed by atoms with Crippen LogP contribution in [0, 0.1) is 0 Å². The molecule has 0 aromatic carbocycles. The summed E-state index contributed by atoms with van der Waals surface area (Å²) in [5.41, 5.74) is 1.43. The van der Waals surface area contributed by atoms with Crippen molar-refractivity contribution in [3.05, 3.63) is 22.4 Å². The van der Waals surface area contributed by atoms with Gasteiger partial charge in [-0.3, -0.25) is 0 Å². The Morgan fingerprint density at radius 1 is 1.50 bits per heavy atom. The number of hydrogen-bond donors (Lipinski definition) is 0. The fraction of sp³-hybridized carbons (Fsp3) is 0.600. The van der Waals surface area contributed by atoms with Crippen LogP contribution in [0.4, 0.5) is 0 Å². The van der Waals surface area contributed by atoms with Gasteiger partial charge in [0.15, 0.2) is 0 Å². The Hall–Kier alpha value is -0.340. The molecule has 0 amide bonds. The van der Waals surface area contributed by atoms with Crippen LogP contribution >= 0.6 is 11.3 Å². The quantitative estimate of drug-likeness (QED) is 0.682. The Morgan fingerprint density at radius 3 is 2.83 bits per heavy atom. The van der Waals surface area contributed by atoms with Crippen molar-refractivity contribution in [2.75, 3.05) is 13.2 Å². The molecule has 1 aromatic heterocycles. The van der Waals surface area contributed by atoms with E-state index in [-0.39, 0.29) is 0 Å². The highest BCUT2D eigenvalue weighted by Crippen LogP contribution is 2.21. The lowest BCUT2D eigenvalue weighted by Gasteiger charge is -2.12. The molecule has 0 spiro atoms. The highest BCUT2D eigenvalue weighted by Gasteiger charge is 2.08. The van der Waals surface area contributed by atoms with Gasteiger partial charge in [-0.05, 0) is 35.7 Å². The van der Waals surface area contributed by atoms with Crippen molar-refractivity contribution in [3.8, 4) is 0 Å². The summed E-state index contributed by atoms with van der Waals surface area (Å²) in [4.78, 5) is 0. The van der Waals surface area contributed by atoms with Crippen molar-refractivity contribution in [2.45, 2.75) is 26.2 Å². The van der Waals surface area contributed by atoms with Gasteiger partial charge in [-0.2, -0.15) is 11.3 Å². The lowest BCUT2D eigenvalue weighted by molar-refractivity contribution is 0.131.